The lowest BCUT2D eigenvalue weighted by molar-refractivity contribution is -0.302. The number of rotatable bonds is 11. The first-order valence-corrected chi connectivity index (χ1v) is 27.2. The van der Waals surface area contributed by atoms with Crippen LogP contribution in [-0.2, 0) is 54.1 Å². The van der Waals surface area contributed by atoms with Crippen LogP contribution in [0.3, 0.4) is 0 Å². The van der Waals surface area contributed by atoms with Gasteiger partial charge in [-0.2, -0.15) is 0 Å². The normalized spacial score (nSPS) is 35.9. The van der Waals surface area contributed by atoms with Gasteiger partial charge < -0.3 is 48.4 Å². The number of hydrogen-bond donors (Lipinski definition) is 2. The highest BCUT2D eigenvalue weighted by molar-refractivity contribution is 6.39. The Hall–Kier alpha value is -4.36. The zero-order chi connectivity index (χ0) is 53.7. The van der Waals surface area contributed by atoms with Crippen molar-refractivity contribution in [2.45, 2.75) is 180 Å². The lowest BCUT2D eigenvalue weighted by atomic mass is 9.81. The number of ether oxygens (including phenoxy) is 6. The Morgan fingerprint density at radius 3 is 2.27 bits per heavy atom. The van der Waals surface area contributed by atoms with Crippen molar-refractivity contribution in [3.63, 3.8) is 0 Å². The fraction of sp³-hybridized carbons (Fsp3) is 0.719. The number of Topliss-reactive ketones (excluding diaryl/α,β-unsaturated/α-hetero) is 2. The zero-order valence-electron chi connectivity index (χ0n) is 45.5. The molecule has 1 aromatic rings. The second-order valence-electron chi connectivity index (χ2n) is 21.8. The molecule has 6 rings (SSSR count). The average Bonchev–Trinajstić information content (AvgIpc) is 3.39. The van der Waals surface area contributed by atoms with Crippen LogP contribution < -0.4 is 0 Å². The van der Waals surface area contributed by atoms with Gasteiger partial charge in [0, 0.05) is 91.0 Å². The summed E-state index contributed by atoms with van der Waals surface area (Å²) in [6, 6.07) is 4.68. The Morgan fingerprint density at radius 2 is 1.59 bits per heavy atom. The molecule has 412 valence electrons. The number of pyridine rings is 1. The molecule has 0 radical (unpaired) electrons. The van der Waals surface area contributed by atoms with Gasteiger partial charge in [0.2, 0.25) is 5.79 Å². The van der Waals surface area contributed by atoms with Gasteiger partial charge in [-0.3, -0.25) is 24.3 Å². The molecule has 17 heteroatoms. The van der Waals surface area contributed by atoms with Gasteiger partial charge >= 0.3 is 12.1 Å². The molecule has 74 heavy (non-hydrogen) atoms. The monoisotopic (exact) mass is 1030 g/mol. The Balaban J connectivity index is 1.25. The van der Waals surface area contributed by atoms with Crippen LogP contribution in [0, 0.1) is 29.6 Å². The number of aliphatic hydroxyl groups is 2. The fourth-order valence-corrected chi connectivity index (χ4v) is 11.8. The molecule has 2 N–H and O–H groups in total. The van der Waals surface area contributed by atoms with Crippen LogP contribution in [0.25, 0.3) is 0 Å². The molecule has 2 bridgehead atoms. The smallest absolute Gasteiger partial charge is 0.410 e. The molecule has 1 aromatic heterocycles. The van der Waals surface area contributed by atoms with Crippen molar-refractivity contribution in [2.75, 3.05) is 54.1 Å². The summed E-state index contributed by atoms with van der Waals surface area (Å²) in [6.45, 7) is 14.5. The topological polar surface area (TPSA) is 204 Å². The largest absolute Gasteiger partial charge is 0.456 e. The maximum Gasteiger partial charge on any atom is 0.410 e. The number of allylic oxidation sites excluding steroid dienone is 5. The number of ketones is 2. The standard InChI is InChI=1S/C57H86N4O13/c1-10-11-12-17-42-29-36(2)28-37(3)30-49(70-8)52-50(71-9)32-39(5)57(68,74-52)53(64)54(65)61-23-16-14-19-44(61)55(66)73-51(40(6)45(62)34-46(42)63)38(4)31-41-20-21-47(48(33-41)69-7)72-56(67)60-26-24-59(25-27-60)35-43-18-13-15-22-58-43/h11-13,15,18,22,29,31,37,39-42,44-45,47-52,62,68H,10,14,16-17,19-21,23-28,30,32-35H2,1-9H3/b12-11+,36-29+,38-31+/t37-,39+,40+,41-,42+,44-,45-,47+,48+,49-,50-,51+,52+,57+/m0/s1. The molecule has 17 nitrogen and oxygen atoms in total. The summed E-state index contributed by atoms with van der Waals surface area (Å²) in [5.74, 6) is -7.94. The van der Waals surface area contributed by atoms with Crippen molar-refractivity contribution >= 4 is 29.5 Å². The molecule has 1 aliphatic carbocycles. The lowest BCUT2D eigenvalue weighted by Gasteiger charge is -2.47. The summed E-state index contributed by atoms with van der Waals surface area (Å²) in [4.78, 5) is 81.1. The second-order valence-corrected chi connectivity index (χ2v) is 21.8. The first-order chi connectivity index (χ1) is 35.4. The van der Waals surface area contributed by atoms with E-state index < -0.39 is 90.0 Å². The summed E-state index contributed by atoms with van der Waals surface area (Å²) < 4.78 is 36.7. The predicted octanol–water partition coefficient (Wildman–Crippen LogP) is 6.78. The molecule has 0 aromatic carbocycles. The Labute approximate surface area is 439 Å². The van der Waals surface area contributed by atoms with E-state index in [2.05, 4.69) is 16.8 Å². The Kier molecular flexibility index (Phi) is 22.0. The zero-order valence-corrected chi connectivity index (χ0v) is 45.5. The number of carbonyl (C=O) groups excluding carboxylic acids is 5. The van der Waals surface area contributed by atoms with Gasteiger partial charge in [-0.05, 0) is 114 Å². The van der Waals surface area contributed by atoms with Crippen LogP contribution in [0.15, 0.2) is 59.8 Å². The summed E-state index contributed by atoms with van der Waals surface area (Å²) in [6.07, 6.45) is 9.37. The summed E-state index contributed by atoms with van der Waals surface area (Å²) in [5, 5.41) is 24.3. The highest BCUT2D eigenvalue weighted by Crippen LogP contribution is 2.40. The number of nitrogens with zero attached hydrogens (tertiary/aromatic N) is 4. The maximum absolute atomic E-state index is 14.7. The minimum atomic E-state index is -2.54. The van der Waals surface area contributed by atoms with Crippen LogP contribution >= 0.6 is 0 Å². The van der Waals surface area contributed by atoms with Crippen LogP contribution in [0.4, 0.5) is 4.79 Å². The van der Waals surface area contributed by atoms with Crippen molar-refractivity contribution in [1.82, 2.24) is 19.7 Å². The molecule has 14 atom stereocenters. The van der Waals surface area contributed by atoms with Crippen LogP contribution in [-0.4, -0.2) is 168 Å². The number of aromatic nitrogens is 1. The number of aliphatic hydroxyl groups excluding tert-OH is 1. The summed E-state index contributed by atoms with van der Waals surface area (Å²) in [7, 11) is 4.67. The van der Waals surface area contributed by atoms with Crippen molar-refractivity contribution in [3.05, 3.63) is 65.5 Å². The number of esters is 1. The second kappa shape index (κ2) is 27.6. The van der Waals surface area contributed by atoms with E-state index in [0.29, 0.717) is 89.7 Å². The minimum Gasteiger partial charge on any atom is -0.456 e. The summed E-state index contributed by atoms with van der Waals surface area (Å²) in [5.41, 5.74) is 2.59. The van der Waals surface area contributed by atoms with Crippen molar-refractivity contribution < 1.29 is 62.6 Å². The highest BCUT2D eigenvalue weighted by atomic mass is 16.7. The van der Waals surface area contributed by atoms with Crippen LogP contribution in [0.1, 0.15) is 124 Å². The van der Waals surface area contributed by atoms with E-state index >= 15 is 0 Å². The lowest BCUT2D eigenvalue weighted by Crippen LogP contribution is -2.64. The van der Waals surface area contributed by atoms with E-state index in [1.54, 1.807) is 32.1 Å². The average molecular weight is 1040 g/mol. The first-order valence-electron chi connectivity index (χ1n) is 27.2. The van der Waals surface area contributed by atoms with E-state index in [9.17, 15) is 34.2 Å². The van der Waals surface area contributed by atoms with Crippen molar-refractivity contribution in [2.24, 2.45) is 29.6 Å². The number of piperazine rings is 1. The molecule has 0 spiro atoms. The van der Waals surface area contributed by atoms with Gasteiger partial charge in [0.15, 0.2) is 0 Å². The van der Waals surface area contributed by atoms with E-state index in [0.717, 1.165) is 17.7 Å². The molecule has 5 aliphatic rings. The molecule has 1 saturated carbocycles. The van der Waals surface area contributed by atoms with Crippen LogP contribution in [0.5, 0.6) is 0 Å². The number of amides is 2. The number of hydrogen-bond acceptors (Lipinski definition) is 15. The van der Waals surface area contributed by atoms with E-state index in [1.165, 1.54) is 19.1 Å². The molecular formula is C57H86N4O13. The Bertz CT molecular complexity index is 2130. The third-order valence-electron chi connectivity index (χ3n) is 16.2. The summed E-state index contributed by atoms with van der Waals surface area (Å²) >= 11 is 0. The maximum atomic E-state index is 14.7. The Morgan fingerprint density at radius 1 is 0.878 bits per heavy atom. The molecule has 4 fully saturated rings. The first kappa shape index (κ1) is 58.9. The van der Waals surface area contributed by atoms with Crippen LogP contribution in [0.2, 0.25) is 0 Å². The third kappa shape index (κ3) is 15.0. The van der Waals surface area contributed by atoms with Crippen molar-refractivity contribution in [1.29, 1.82) is 0 Å². The molecular weight excluding hydrogens is 949 g/mol. The fourth-order valence-electron chi connectivity index (χ4n) is 11.8. The predicted molar refractivity (Wildman–Crippen MR) is 277 cm³/mol. The number of cyclic esters (lactones) is 1. The number of fused-ring (bicyclic) bond motifs is 3. The molecule has 3 saturated heterocycles. The minimum absolute atomic E-state index is 0.00362. The van der Waals surface area contributed by atoms with Gasteiger partial charge in [0.1, 0.15) is 30.1 Å². The molecule has 5 heterocycles. The molecule has 2 amide bonds. The third-order valence-corrected chi connectivity index (χ3v) is 16.2. The van der Waals surface area contributed by atoms with Crippen molar-refractivity contribution in [3.8, 4) is 0 Å². The highest BCUT2D eigenvalue weighted by Gasteiger charge is 2.56. The van der Waals surface area contributed by atoms with Gasteiger partial charge in [-0.1, -0.05) is 63.6 Å². The van der Waals surface area contributed by atoms with Gasteiger partial charge in [-0.15, -0.1) is 0 Å². The van der Waals surface area contributed by atoms with Gasteiger partial charge in [-0.25, -0.2) is 9.59 Å². The number of piperidine rings is 1. The number of carbonyl (C=O) groups is 5. The number of methoxy groups -OCH3 is 3. The van der Waals surface area contributed by atoms with E-state index in [1.807, 2.05) is 63.3 Å². The van der Waals surface area contributed by atoms with Gasteiger partial charge in [0.25, 0.3) is 11.7 Å². The molecule has 0 unspecified atom stereocenters. The van der Waals surface area contributed by atoms with E-state index in [4.69, 9.17) is 28.4 Å². The SMILES string of the molecule is CC/C=C/C[C@@H]1/C=C(\C)C[C@H](C)C[C@H](OC)[C@H]2O[C@@](O)(C(=O)C(=O)N3CCCC[C@H]3C(=O)O[C@H](/C(C)=C/[C@@H]3CC[C@@H](OC(=O)N4CCN(Cc5ccccn5)CC4)[C@H](OC)C3)[C@H](C)[C@@H](O)CC1=O)[C@H](C)C[C@@H]2OC. The molecule has 4 aliphatic heterocycles. The van der Waals surface area contributed by atoms with E-state index in [-0.39, 0.29) is 49.5 Å². The van der Waals surface area contributed by atoms with Gasteiger partial charge in [0.05, 0.1) is 30.1 Å². The quantitative estimate of drug-likeness (QED) is 0.133.